The number of Topliss-reactive ketones (excluding diaryl/α,β-unsaturated/α-hetero) is 1. The van der Waals surface area contributed by atoms with Crippen LogP contribution in [0.2, 0.25) is 0 Å². The Kier molecular flexibility index (Phi) is 1.46. The fourth-order valence-electron chi connectivity index (χ4n) is 0.544. The highest BCUT2D eigenvalue weighted by Crippen LogP contribution is 1.99. The van der Waals surface area contributed by atoms with E-state index in [1.807, 2.05) is 0 Å². The molecule has 1 saturated heterocycles. The first-order chi connectivity index (χ1) is 4.25. The summed E-state index contributed by atoms with van der Waals surface area (Å²) in [6.07, 6.45) is 0. The second-order valence-electron chi connectivity index (χ2n) is 1.64. The number of rotatable bonds is 1. The third kappa shape index (κ3) is 0.914. The summed E-state index contributed by atoms with van der Waals surface area (Å²) < 4.78 is 4.26. The van der Waals surface area contributed by atoms with E-state index in [1.165, 1.54) is 0 Å². The fourth-order valence-corrected chi connectivity index (χ4v) is 0.544. The summed E-state index contributed by atoms with van der Waals surface area (Å²) in [5.74, 6) is -1.61. The summed E-state index contributed by atoms with van der Waals surface area (Å²) in [4.78, 5) is 20.7. The number of hydrogen-bond acceptors (Lipinski definition) is 5. The molecule has 1 fully saturated rings. The summed E-state index contributed by atoms with van der Waals surface area (Å²) in [6.45, 7) is -0.0752. The Labute approximate surface area is 50.6 Å². The van der Waals surface area contributed by atoms with Gasteiger partial charge in [-0.2, -0.15) is 5.48 Å². The van der Waals surface area contributed by atoms with Crippen molar-refractivity contribution < 1.29 is 19.5 Å². The third-order valence-corrected chi connectivity index (χ3v) is 1.05. The standard InChI is InChI=1S/C4H5NO4/c6-3-2(5-8)1-9-4(3)7/h2,5,8H,1H2. The van der Waals surface area contributed by atoms with Crippen LogP contribution in [-0.4, -0.2) is 29.6 Å². The monoisotopic (exact) mass is 131 g/mol. The lowest BCUT2D eigenvalue weighted by Gasteiger charge is -1.96. The maximum atomic E-state index is 10.4. The van der Waals surface area contributed by atoms with E-state index in [0.717, 1.165) is 0 Å². The minimum absolute atomic E-state index is 0.0752. The van der Waals surface area contributed by atoms with Crippen molar-refractivity contribution in [2.75, 3.05) is 6.61 Å². The van der Waals surface area contributed by atoms with Gasteiger partial charge in [0.25, 0.3) is 5.78 Å². The number of cyclic esters (lactones) is 1. The maximum Gasteiger partial charge on any atom is 0.376 e. The molecule has 2 N–H and O–H groups in total. The minimum atomic E-state index is -0.887. The van der Waals surface area contributed by atoms with E-state index < -0.39 is 17.8 Å². The van der Waals surface area contributed by atoms with Gasteiger partial charge in [0.15, 0.2) is 0 Å². The molecule has 0 aromatic rings. The van der Waals surface area contributed by atoms with Gasteiger partial charge in [-0.3, -0.25) is 4.79 Å². The van der Waals surface area contributed by atoms with E-state index in [4.69, 9.17) is 5.21 Å². The van der Waals surface area contributed by atoms with Gasteiger partial charge < -0.3 is 9.94 Å². The smallest absolute Gasteiger partial charge is 0.376 e. The van der Waals surface area contributed by atoms with Crippen LogP contribution in [0.15, 0.2) is 0 Å². The van der Waals surface area contributed by atoms with Crippen LogP contribution in [0.5, 0.6) is 0 Å². The Morgan fingerprint density at radius 2 is 2.33 bits per heavy atom. The molecule has 9 heavy (non-hydrogen) atoms. The van der Waals surface area contributed by atoms with E-state index in [2.05, 4.69) is 4.74 Å². The second-order valence-corrected chi connectivity index (χ2v) is 1.64. The summed E-state index contributed by atoms with van der Waals surface area (Å²) in [6, 6.07) is -0.863. The molecule has 0 aromatic heterocycles. The highest BCUT2D eigenvalue weighted by molar-refractivity contribution is 6.37. The highest BCUT2D eigenvalue weighted by atomic mass is 16.6. The Balaban J connectivity index is 2.62. The molecule has 1 unspecified atom stereocenters. The van der Waals surface area contributed by atoms with Crippen LogP contribution < -0.4 is 5.48 Å². The highest BCUT2D eigenvalue weighted by Gasteiger charge is 2.34. The van der Waals surface area contributed by atoms with Crippen LogP contribution in [0.25, 0.3) is 0 Å². The molecule has 50 valence electrons. The number of esters is 1. The molecular formula is C4H5NO4. The van der Waals surface area contributed by atoms with Crippen molar-refractivity contribution >= 4 is 11.8 Å². The van der Waals surface area contributed by atoms with Gasteiger partial charge in [0, 0.05) is 0 Å². The third-order valence-electron chi connectivity index (χ3n) is 1.05. The van der Waals surface area contributed by atoms with Crippen LogP contribution in [-0.2, 0) is 14.3 Å². The number of hydrogen-bond donors (Lipinski definition) is 2. The average molecular weight is 131 g/mol. The van der Waals surface area contributed by atoms with Crippen molar-refractivity contribution in [3.8, 4) is 0 Å². The van der Waals surface area contributed by atoms with E-state index >= 15 is 0 Å². The number of nitrogens with one attached hydrogen (secondary N) is 1. The van der Waals surface area contributed by atoms with Gasteiger partial charge in [-0.15, -0.1) is 0 Å². The van der Waals surface area contributed by atoms with Gasteiger partial charge in [-0.25, -0.2) is 4.79 Å². The van der Waals surface area contributed by atoms with Crippen LogP contribution in [0.1, 0.15) is 0 Å². The molecule has 0 amide bonds. The molecule has 1 atom stereocenters. The van der Waals surface area contributed by atoms with Crippen molar-refractivity contribution in [1.29, 1.82) is 0 Å². The summed E-state index contributed by atoms with van der Waals surface area (Å²) in [5.41, 5.74) is 1.65. The fraction of sp³-hybridized carbons (Fsp3) is 0.500. The largest absolute Gasteiger partial charge is 0.458 e. The predicted molar refractivity (Wildman–Crippen MR) is 24.7 cm³/mol. The molecule has 1 aliphatic heterocycles. The zero-order valence-electron chi connectivity index (χ0n) is 4.46. The lowest BCUT2D eigenvalue weighted by molar-refractivity contribution is -0.147. The first-order valence-electron chi connectivity index (χ1n) is 2.36. The summed E-state index contributed by atoms with van der Waals surface area (Å²) in [7, 11) is 0. The number of carbonyl (C=O) groups excluding carboxylic acids is 2. The van der Waals surface area contributed by atoms with Gasteiger partial charge >= 0.3 is 5.97 Å². The van der Waals surface area contributed by atoms with Gasteiger partial charge in [0.1, 0.15) is 12.6 Å². The van der Waals surface area contributed by atoms with Gasteiger partial charge in [0.05, 0.1) is 0 Å². The summed E-state index contributed by atoms with van der Waals surface area (Å²) in [5, 5.41) is 8.15. The number of hydroxylamine groups is 1. The molecule has 0 spiro atoms. The van der Waals surface area contributed by atoms with Crippen molar-refractivity contribution in [3.63, 3.8) is 0 Å². The first-order valence-corrected chi connectivity index (χ1v) is 2.36. The Hall–Kier alpha value is -0.940. The van der Waals surface area contributed by atoms with E-state index in [0.29, 0.717) is 0 Å². The number of ketones is 1. The van der Waals surface area contributed by atoms with Crippen molar-refractivity contribution in [2.45, 2.75) is 6.04 Å². The molecule has 1 rings (SSSR count). The summed E-state index contributed by atoms with van der Waals surface area (Å²) >= 11 is 0. The molecule has 0 saturated carbocycles. The Morgan fingerprint density at radius 3 is 2.56 bits per heavy atom. The zero-order chi connectivity index (χ0) is 6.85. The van der Waals surface area contributed by atoms with Crippen LogP contribution in [0, 0.1) is 0 Å². The molecule has 0 aliphatic carbocycles. The van der Waals surface area contributed by atoms with Crippen molar-refractivity contribution in [2.24, 2.45) is 0 Å². The molecule has 0 bridgehead atoms. The minimum Gasteiger partial charge on any atom is -0.458 e. The van der Waals surface area contributed by atoms with E-state index in [1.54, 1.807) is 5.48 Å². The zero-order valence-corrected chi connectivity index (χ0v) is 4.46. The Bertz CT molecular complexity index is 155. The molecule has 1 aliphatic rings. The molecule has 1 heterocycles. The van der Waals surface area contributed by atoms with Crippen molar-refractivity contribution in [1.82, 2.24) is 5.48 Å². The van der Waals surface area contributed by atoms with Gasteiger partial charge in [-0.05, 0) is 0 Å². The topological polar surface area (TPSA) is 75.6 Å². The van der Waals surface area contributed by atoms with E-state index in [-0.39, 0.29) is 6.61 Å². The molecule has 5 nitrogen and oxygen atoms in total. The Morgan fingerprint density at radius 1 is 1.67 bits per heavy atom. The van der Waals surface area contributed by atoms with Gasteiger partial charge in [0.2, 0.25) is 0 Å². The number of carbonyl (C=O) groups is 2. The van der Waals surface area contributed by atoms with Gasteiger partial charge in [-0.1, -0.05) is 0 Å². The average Bonchev–Trinajstić information content (AvgIpc) is 2.15. The maximum absolute atomic E-state index is 10.4. The molecule has 0 aromatic carbocycles. The predicted octanol–water partition coefficient (Wildman–Crippen LogP) is -1.54. The normalized spacial score (nSPS) is 26.6. The van der Waals surface area contributed by atoms with E-state index in [9.17, 15) is 9.59 Å². The first kappa shape index (κ1) is 6.18. The molecule has 5 heteroatoms. The second kappa shape index (κ2) is 2.12. The number of ether oxygens (including phenoxy) is 1. The van der Waals surface area contributed by atoms with Crippen LogP contribution in [0.4, 0.5) is 0 Å². The quantitative estimate of drug-likeness (QED) is 0.256. The molecular weight excluding hydrogens is 126 g/mol. The SMILES string of the molecule is O=C1OCC(NO)C1=O. The molecule has 0 radical (unpaired) electrons. The van der Waals surface area contributed by atoms with Crippen LogP contribution >= 0.6 is 0 Å². The van der Waals surface area contributed by atoms with Crippen molar-refractivity contribution in [3.05, 3.63) is 0 Å². The van der Waals surface area contributed by atoms with Crippen LogP contribution in [0.3, 0.4) is 0 Å². The lowest BCUT2D eigenvalue weighted by Crippen LogP contribution is -2.33. The lowest BCUT2D eigenvalue weighted by atomic mass is 10.2.